The van der Waals surface area contributed by atoms with Crippen molar-refractivity contribution in [2.75, 3.05) is 13.1 Å². The second-order valence-electron chi connectivity index (χ2n) is 9.09. The molecule has 0 aromatic heterocycles. The lowest BCUT2D eigenvalue weighted by molar-refractivity contribution is -0.912. The van der Waals surface area contributed by atoms with Crippen LogP contribution in [0.2, 0.25) is 0 Å². The van der Waals surface area contributed by atoms with Gasteiger partial charge in [0.25, 0.3) is 0 Å². The van der Waals surface area contributed by atoms with Gasteiger partial charge >= 0.3 is 0 Å². The van der Waals surface area contributed by atoms with Crippen LogP contribution in [0.3, 0.4) is 0 Å². The highest BCUT2D eigenvalue weighted by atomic mass is 16.5. The van der Waals surface area contributed by atoms with E-state index < -0.39 is 0 Å². The quantitative estimate of drug-likeness (QED) is 0.546. The Kier molecular flexibility index (Phi) is 5.58. The van der Waals surface area contributed by atoms with Crippen molar-refractivity contribution >= 4 is 0 Å². The molecular weight excluding hydrogens is 282 g/mol. The highest BCUT2D eigenvalue weighted by Gasteiger charge is 2.33. The molecule has 2 nitrogen and oxygen atoms in total. The Balaban J connectivity index is 1.95. The van der Waals surface area contributed by atoms with Crippen LogP contribution in [0.5, 0.6) is 0 Å². The van der Waals surface area contributed by atoms with Crippen LogP contribution in [-0.4, -0.2) is 23.8 Å². The smallest absolute Gasteiger partial charge is 0.0861 e. The minimum atomic E-state index is 0.0194. The van der Waals surface area contributed by atoms with Gasteiger partial charge in [0.2, 0.25) is 0 Å². The van der Waals surface area contributed by atoms with Crippen molar-refractivity contribution in [3.05, 3.63) is 40.6 Å². The number of hydrogen-bond donors (Lipinski definition) is 0. The number of likely N-dealkylation sites (tertiary alicyclic amines) is 1. The Morgan fingerprint density at radius 2 is 1.78 bits per heavy atom. The Labute approximate surface area is 143 Å². The SMILES string of the molecule is CC1CC[N+]([O-])(CC(C)Cc2ccc(C(C)(C)C)cc2)C(C)C1. The summed E-state index contributed by atoms with van der Waals surface area (Å²) in [6.07, 6.45) is 3.17. The number of hydrogen-bond acceptors (Lipinski definition) is 1. The molecule has 130 valence electrons. The van der Waals surface area contributed by atoms with Gasteiger partial charge in [0.15, 0.2) is 0 Å². The first-order chi connectivity index (χ1) is 10.6. The van der Waals surface area contributed by atoms with E-state index in [0.717, 1.165) is 32.4 Å². The second-order valence-corrected chi connectivity index (χ2v) is 9.09. The second kappa shape index (κ2) is 6.94. The number of nitrogens with zero attached hydrogens (tertiary/aromatic N) is 1. The van der Waals surface area contributed by atoms with Gasteiger partial charge in [-0.25, -0.2) is 0 Å². The molecule has 1 aliphatic heterocycles. The van der Waals surface area contributed by atoms with Gasteiger partial charge < -0.3 is 9.85 Å². The zero-order valence-electron chi connectivity index (χ0n) is 15.9. The van der Waals surface area contributed by atoms with Gasteiger partial charge in [0.1, 0.15) is 0 Å². The fourth-order valence-corrected chi connectivity index (χ4v) is 3.96. The maximum atomic E-state index is 13.1. The molecule has 0 bridgehead atoms. The molecule has 1 aromatic carbocycles. The summed E-state index contributed by atoms with van der Waals surface area (Å²) in [5.74, 6) is 1.15. The van der Waals surface area contributed by atoms with Crippen molar-refractivity contribution in [3.8, 4) is 0 Å². The standard InChI is InChI=1S/C21H35NO/c1-16-11-12-22(23,18(3)13-16)15-17(2)14-19-7-9-20(10-8-19)21(4,5)6/h7-10,16-18H,11-15H2,1-6H3. The monoisotopic (exact) mass is 317 g/mol. The Hall–Kier alpha value is -0.860. The van der Waals surface area contributed by atoms with Crippen LogP contribution in [0.15, 0.2) is 24.3 Å². The molecule has 0 N–H and O–H groups in total. The maximum Gasteiger partial charge on any atom is 0.0861 e. The summed E-state index contributed by atoms with van der Waals surface area (Å²) in [5.41, 5.74) is 2.93. The molecular formula is C21H35NO. The lowest BCUT2D eigenvalue weighted by atomic mass is 9.86. The van der Waals surface area contributed by atoms with Crippen molar-refractivity contribution in [1.82, 2.24) is 0 Å². The van der Waals surface area contributed by atoms with Crippen molar-refractivity contribution in [2.45, 2.75) is 72.3 Å². The summed E-state index contributed by atoms with van der Waals surface area (Å²) in [4.78, 5) is 0. The Morgan fingerprint density at radius 3 is 2.30 bits per heavy atom. The molecule has 4 atom stereocenters. The molecule has 2 heteroatoms. The summed E-state index contributed by atoms with van der Waals surface area (Å²) in [7, 11) is 0. The van der Waals surface area contributed by atoms with Crippen LogP contribution in [0, 0.1) is 17.0 Å². The normalized spacial score (nSPS) is 30.2. The maximum absolute atomic E-state index is 13.1. The van der Waals surface area contributed by atoms with Gasteiger partial charge in [0, 0.05) is 12.3 Å². The lowest BCUT2D eigenvalue weighted by Crippen LogP contribution is -2.55. The summed E-state index contributed by atoms with van der Waals surface area (Å²) < 4.78 is 0.0194. The minimum absolute atomic E-state index is 0.0194. The molecule has 23 heavy (non-hydrogen) atoms. The lowest BCUT2D eigenvalue weighted by Gasteiger charge is -2.53. The first-order valence-corrected chi connectivity index (χ1v) is 9.27. The van der Waals surface area contributed by atoms with Crippen LogP contribution < -0.4 is 0 Å². The van der Waals surface area contributed by atoms with Crippen molar-refractivity contribution in [3.63, 3.8) is 0 Å². The van der Waals surface area contributed by atoms with Crippen LogP contribution in [0.1, 0.15) is 65.5 Å². The molecule has 0 spiro atoms. The molecule has 1 heterocycles. The molecule has 4 unspecified atom stereocenters. The number of rotatable bonds is 4. The summed E-state index contributed by atoms with van der Waals surface area (Å²) in [6.45, 7) is 15.0. The van der Waals surface area contributed by atoms with Crippen LogP contribution in [0.4, 0.5) is 0 Å². The molecule has 1 aliphatic rings. The average Bonchev–Trinajstić information content (AvgIpc) is 2.43. The van der Waals surface area contributed by atoms with Gasteiger partial charge in [-0.15, -0.1) is 0 Å². The predicted octanol–water partition coefficient (Wildman–Crippen LogP) is 5.30. The van der Waals surface area contributed by atoms with Crippen LogP contribution in [-0.2, 0) is 11.8 Å². The van der Waals surface area contributed by atoms with Gasteiger partial charge in [-0.3, -0.25) is 0 Å². The zero-order chi connectivity index (χ0) is 17.3. The third-order valence-electron chi connectivity index (χ3n) is 5.57. The largest absolute Gasteiger partial charge is 0.633 e. The van der Waals surface area contributed by atoms with Gasteiger partial charge in [-0.05, 0) is 42.2 Å². The highest BCUT2D eigenvalue weighted by Crippen LogP contribution is 2.30. The van der Waals surface area contributed by atoms with E-state index in [1.807, 2.05) is 0 Å². The Morgan fingerprint density at radius 1 is 1.17 bits per heavy atom. The van der Waals surface area contributed by atoms with E-state index in [1.165, 1.54) is 11.1 Å². The fraction of sp³-hybridized carbons (Fsp3) is 0.714. The van der Waals surface area contributed by atoms with E-state index in [2.05, 4.69) is 65.8 Å². The molecule has 0 amide bonds. The molecule has 1 aromatic rings. The molecule has 1 fully saturated rings. The number of hydroxylamine groups is 3. The molecule has 1 saturated heterocycles. The van der Waals surface area contributed by atoms with E-state index in [0.29, 0.717) is 11.8 Å². The Bertz CT molecular complexity index is 502. The molecule has 0 aliphatic carbocycles. The van der Waals surface area contributed by atoms with Crippen molar-refractivity contribution in [2.24, 2.45) is 11.8 Å². The average molecular weight is 318 g/mol. The van der Waals surface area contributed by atoms with Crippen LogP contribution in [0.25, 0.3) is 0 Å². The van der Waals surface area contributed by atoms with Gasteiger partial charge in [-0.1, -0.05) is 58.9 Å². The number of quaternary nitrogens is 1. The number of benzene rings is 1. The molecule has 2 rings (SSSR count). The van der Waals surface area contributed by atoms with E-state index in [9.17, 15) is 5.21 Å². The van der Waals surface area contributed by atoms with Crippen molar-refractivity contribution in [1.29, 1.82) is 0 Å². The number of piperidine rings is 1. The summed E-state index contributed by atoms with van der Waals surface area (Å²) >= 11 is 0. The first-order valence-electron chi connectivity index (χ1n) is 9.27. The molecule has 0 radical (unpaired) electrons. The first kappa shape index (κ1) is 18.5. The molecule has 0 saturated carbocycles. The van der Waals surface area contributed by atoms with Crippen molar-refractivity contribution < 1.29 is 4.65 Å². The van der Waals surface area contributed by atoms with E-state index in [-0.39, 0.29) is 16.1 Å². The third-order valence-corrected chi connectivity index (χ3v) is 5.57. The summed E-state index contributed by atoms with van der Waals surface area (Å²) in [6, 6.07) is 9.23. The van der Waals surface area contributed by atoms with Gasteiger partial charge in [-0.2, -0.15) is 0 Å². The highest BCUT2D eigenvalue weighted by molar-refractivity contribution is 5.27. The summed E-state index contributed by atoms with van der Waals surface area (Å²) in [5, 5.41) is 13.1. The van der Waals surface area contributed by atoms with Crippen LogP contribution >= 0.6 is 0 Å². The van der Waals surface area contributed by atoms with E-state index in [1.54, 1.807) is 0 Å². The van der Waals surface area contributed by atoms with Gasteiger partial charge in [0.05, 0.1) is 19.1 Å². The van der Waals surface area contributed by atoms with E-state index >= 15 is 0 Å². The third kappa shape index (κ3) is 4.81. The van der Waals surface area contributed by atoms with E-state index in [4.69, 9.17) is 0 Å². The minimum Gasteiger partial charge on any atom is -0.633 e. The fourth-order valence-electron chi connectivity index (χ4n) is 3.96. The zero-order valence-corrected chi connectivity index (χ0v) is 15.9. The predicted molar refractivity (Wildman–Crippen MR) is 99.2 cm³/mol. The topological polar surface area (TPSA) is 23.1 Å².